The van der Waals surface area contributed by atoms with E-state index in [1.165, 1.54) is 6.92 Å². The molecule has 1 aromatic heterocycles. The molecule has 13 heavy (non-hydrogen) atoms. The fraction of sp³-hybridized carbons (Fsp3) is 0.250. The molecule has 68 valence electrons. The van der Waals surface area contributed by atoms with Gasteiger partial charge in [0.1, 0.15) is 16.4 Å². The Bertz CT molecular complexity index is 371. The van der Waals surface area contributed by atoms with Crippen LogP contribution in [0.15, 0.2) is 10.7 Å². The maximum Gasteiger partial charge on any atom is 0.264 e. The van der Waals surface area contributed by atoms with Crippen molar-refractivity contribution in [3.8, 4) is 6.07 Å². The Labute approximate surface area is 82.3 Å². The van der Waals surface area contributed by atoms with E-state index in [0.29, 0.717) is 10.2 Å². The average molecular weight is 247 g/mol. The maximum atomic E-state index is 12.4. The third kappa shape index (κ3) is 2.01. The average Bonchev–Trinajstić information content (AvgIpc) is 2.09. The molecule has 0 bridgehead atoms. The number of pyridine rings is 1. The van der Waals surface area contributed by atoms with Crippen molar-refractivity contribution in [3.63, 3.8) is 0 Å². The summed E-state index contributed by atoms with van der Waals surface area (Å²) in [5.41, 5.74) is 0.209. The van der Waals surface area contributed by atoms with Crippen LogP contribution in [-0.2, 0) is 0 Å². The fourth-order valence-electron chi connectivity index (χ4n) is 0.880. The maximum absolute atomic E-state index is 12.4. The van der Waals surface area contributed by atoms with Crippen LogP contribution in [0.2, 0.25) is 0 Å². The molecular formula is C8H5BrF2N2. The first-order chi connectivity index (χ1) is 6.06. The lowest BCUT2D eigenvalue weighted by molar-refractivity contribution is 0.150. The quantitative estimate of drug-likeness (QED) is 0.715. The number of aromatic nitrogens is 1. The van der Waals surface area contributed by atoms with Crippen molar-refractivity contribution in [1.29, 1.82) is 5.26 Å². The van der Waals surface area contributed by atoms with Crippen LogP contribution in [0, 0.1) is 18.3 Å². The Hall–Kier alpha value is -1.02. The molecule has 0 aliphatic rings. The highest BCUT2D eigenvalue weighted by Crippen LogP contribution is 2.27. The zero-order chi connectivity index (χ0) is 10.0. The Morgan fingerprint density at radius 2 is 2.23 bits per heavy atom. The monoisotopic (exact) mass is 246 g/mol. The molecule has 0 fully saturated rings. The number of hydrogen-bond acceptors (Lipinski definition) is 2. The number of nitriles is 1. The third-order valence-corrected chi connectivity index (χ3v) is 2.38. The molecule has 1 heterocycles. The molecule has 2 nitrogen and oxygen atoms in total. The van der Waals surface area contributed by atoms with E-state index in [2.05, 4.69) is 20.9 Å². The summed E-state index contributed by atoms with van der Waals surface area (Å²) in [7, 11) is 0. The topological polar surface area (TPSA) is 36.7 Å². The second-order valence-electron chi connectivity index (χ2n) is 2.43. The second-order valence-corrected chi connectivity index (χ2v) is 3.18. The first-order valence-corrected chi connectivity index (χ1v) is 4.21. The van der Waals surface area contributed by atoms with Crippen LogP contribution in [0.5, 0.6) is 0 Å². The predicted octanol–water partition coefficient (Wildman–Crippen LogP) is 2.96. The molecule has 0 aliphatic carbocycles. The zero-order valence-corrected chi connectivity index (χ0v) is 8.27. The fourth-order valence-corrected chi connectivity index (χ4v) is 1.30. The molecule has 0 aromatic carbocycles. The lowest BCUT2D eigenvalue weighted by Crippen LogP contribution is -1.96. The van der Waals surface area contributed by atoms with E-state index >= 15 is 0 Å². The van der Waals surface area contributed by atoms with E-state index in [0.717, 1.165) is 6.07 Å². The third-order valence-electron chi connectivity index (χ3n) is 1.60. The van der Waals surface area contributed by atoms with E-state index < -0.39 is 6.43 Å². The van der Waals surface area contributed by atoms with Gasteiger partial charge >= 0.3 is 0 Å². The first kappa shape index (κ1) is 10.1. The van der Waals surface area contributed by atoms with Crippen LogP contribution in [-0.4, -0.2) is 4.98 Å². The van der Waals surface area contributed by atoms with Gasteiger partial charge < -0.3 is 0 Å². The summed E-state index contributed by atoms with van der Waals surface area (Å²) < 4.78 is 25.0. The Balaban J connectivity index is 3.35. The molecule has 0 spiro atoms. The van der Waals surface area contributed by atoms with Crippen LogP contribution < -0.4 is 0 Å². The van der Waals surface area contributed by atoms with Crippen molar-refractivity contribution < 1.29 is 8.78 Å². The van der Waals surface area contributed by atoms with Gasteiger partial charge in [-0.15, -0.1) is 0 Å². The van der Waals surface area contributed by atoms with Crippen LogP contribution in [0.4, 0.5) is 8.78 Å². The van der Waals surface area contributed by atoms with E-state index in [1.54, 1.807) is 6.07 Å². The van der Waals surface area contributed by atoms with Gasteiger partial charge in [-0.25, -0.2) is 13.8 Å². The molecule has 5 heteroatoms. The second kappa shape index (κ2) is 3.79. The number of hydrogen-bond donors (Lipinski definition) is 0. The highest BCUT2D eigenvalue weighted by molar-refractivity contribution is 9.10. The molecule has 0 aliphatic heterocycles. The highest BCUT2D eigenvalue weighted by atomic mass is 79.9. The van der Waals surface area contributed by atoms with Gasteiger partial charge in [0.05, 0.1) is 0 Å². The van der Waals surface area contributed by atoms with Crippen LogP contribution in [0.3, 0.4) is 0 Å². The minimum Gasteiger partial charge on any atom is -0.230 e. The standard InChI is InChI=1S/C8H5BrF2N2/c1-4-6(8(10)11)2-5(3-12)13-7(4)9/h2,8H,1H3. The minimum absolute atomic E-state index is 0.00669. The largest absolute Gasteiger partial charge is 0.264 e. The van der Waals surface area contributed by atoms with Crippen molar-refractivity contribution in [3.05, 3.63) is 27.5 Å². The Kier molecular flexibility index (Phi) is 2.94. The number of rotatable bonds is 1. The lowest BCUT2D eigenvalue weighted by atomic mass is 10.1. The van der Waals surface area contributed by atoms with Crippen LogP contribution in [0.25, 0.3) is 0 Å². The van der Waals surface area contributed by atoms with Gasteiger partial charge in [0.25, 0.3) is 6.43 Å². The molecule has 0 saturated heterocycles. The predicted molar refractivity (Wildman–Crippen MR) is 46.3 cm³/mol. The van der Waals surface area contributed by atoms with Crippen molar-refractivity contribution in [2.45, 2.75) is 13.3 Å². The molecule has 0 radical (unpaired) electrons. The van der Waals surface area contributed by atoms with Gasteiger partial charge in [0, 0.05) is 5.56 Å². The highest BCUT2D eigenvalue weighted by Gasteiger charge is 2.14. The lowest BCUT2D eigenvalue weighted by Gasteiger charge is -2.05. The molecular weight excluding hydrogens is 242 g/mol. The SMILES string of the molecule is Cc1c(C(F)F)cc(C#N)nc1Br. The zero-order valence-electron chi connectivity index (χ0n) is 6.68. The summed E-state index contributed by atoms with van der Waals surface area (Å²) in [5, 5.41) is 8.48. The summed E-state index contributed by atoms with van der Waals surface area (Å²) in [4.78, 5) is 3.76. The molecule has 0 amide bonds. The van der Waals surface area contributed by atoms with Gasteiger partial charge in [-0.05, 0) is 34.5 Å². The Morgan fingerprint density at radius 1 is 1.62 bits per heavy atom. The molecule has 0 atom stereocenters. The number of halogens is 3. The Morgan fingerprint density at radius 3 is 2.69 bits per heavy atom. The summed E-state index contributed by atoms with van der Waals surface area (Å²) in [5.74, 6) is 0. The summed E-state index contributed by atoms with van der Waals surface area (Å²) in [6.07, 6.45) is -2.58. The van der Waals surface area contributed by atoms with E-state index in [4.69, 9.17) is 5.26 Å². The number of alkyl halides is 2. The van der Waals surface area contributed by atoms with E-state index in [-0.39, 0.29) is 11.3 Å². The van der Waals surface area contributed by atoms with Gasteiger partial charge in [-0.3, -0.25) is 0 Å². The summed E-state index contributed by atoms with van der Waals surface area (Å²) in [6.45, 7) is 1.53. The number of nitrogens with zero attached hydrogens (tertiary/aromatic N) is 2. The smallest absolute Gasteiger partial charge is 0.230 e. The van der Waals surface area contributed by atoms with Crippen molar-refractivity contribution >= 4 is 15.9 Å². The van der Waals surface area contributed by atoms with E-state index in [1.807, 2.05) is 0 Å². The molecule has 0 saturated carbocycles. The summed E-state index contributed by atoms with van der Waals surface area (Å²) in [6, 6.07) is 2.82. The molecule has 0 unspecified atom stereocenters. The van der Waals surface area contributed by atoms with Crippen LogP contribution >= 0.6 is 15.9 Å². The summed E-state index contributed by atoms with van der Waals surface area (Å²) >= 11 is 3.01. The van der Waals surface area contributed by atoms with Crippen molar-refractivity contribution in [2.75, 3.05) is 0 Å². The molecule has 0 N–H and O–H groups in total. The van der Waals surface area contributed by atoms with Crippen molar-refractivity contribution in [2.24, 2.45) is 0 Å². The van der Waals surface area contributed by atoms with Crippen molar-refractivity contribution in [1.82, 2.24) is 4.98 Å². The molecule has 1 rings (SSSR count). The van der Waals surface area contributed by atoms with Gasteiger partial charge in [0.15, 0.2) is 0 Å². The van der Waals surface area contributed by atoms with Gasteiger partial charge in [0.2, 0.25) is 0 Å². The minimum atomic E-state index is -2.58. The van der Waals surface area contributed by atoms with Gasteiger partial charge in [-0.1, -0.05) is 0 Å². The normalized spacial score (nSPS) is 10.2. The van der Waals surface area contributed by atoms with Crippen LogP contribution in [0.1, 0.15) is 23.2 Å². The van der Waals surface area contributed by atoms with Gasteiger partial charge in [-0.2, -0.15) is 5.26 Å². The first-order valence-electron chi connectivity index (χ1n) is 3.41. The molecule has 1 aromatic rings. The van der Waals surface area contributed by atoms with E-state index in [9.17, 15) is 8.78 Å².